The van der Waals surface area contributed by atoms with E-state index in [1.54, 1.807) is 0 Å². The largest absolute Gasteiger partial charge is 0.368 e. The van der Waals surface area contributed by atoms with Crippen molar-refractivity contribution in [1.29, 1.82) is 0 Å². The van der Waals surface area contributed by atoms with Crippen LogP contribution in [0.1, 0.15) is 28.2 Å². The van der Waals surface area contributed by atoms with E-state index in [1.165, 1.54) is 0 Å². The number of nitrogens with two attached hydrogens (primary N) is 1. The third kappa shape index (κ3) is 0.958. The van der Waals surface area contributed by atoms with Crippen molar-refractivity contribution in [3.05, 3.63) is 17.0 Å². The molecule has 1 heterocycles. The molecule has 0 saturated heterocycles. The van der Waals surface area contributed by atoms with E-state index in [-0.39, 0.29) is 5.95 Å². The number of aldehydes is 1. The van der Waals surface area contributed by atoms with Gasteiger partial charge in [0, 0.05) is 11.3 Å². The van der Waals surface area contributed by atoms with Crippen LogP contribution in [0.2, 0.25) is 0 Å². The quantitative estimate of drug-likeness (QED) is 0.607. The van der Waals surface area contributed by atoms with E-state index < -0.39 is 0 Å². The standard InChI is InChI=1S/C8H9N3O/c9-8-10-6-3-1-2-5(6)7(4-12)11-8/h4H,1-3H2,(H2,9,10,11). The summed E-state index contributed by atoms with van der Waals surface area (Å²) in [5.41, 5.74) is 7.83. The van der Waals surface area contributed by atoms with Crippen LogP contribution in [0, 0.1) is 0 Å². The van der Waals surface area contributed by atoms with Crippen molar-refractivity contribution in [2.75, 3.05) is 5.73 Å². The topological polar surface area (TPSA) is 68.9 Å². The first-order valence-electron chi connectivity index (χ1n) is 3.91. The zero-order valence-corrected chi connectivity index (χ0v) is 6.58. The Morgan fingerprint density at radius 3 is 2.92 bits per heavy atom. The summed E-state index contributed by atoms with van der Waals surface area (Å²) < 4.78 is 0. The van der Waals surface area contributed by atoms with Crippen LogP contribution in [0.15, 0.2) is 0 Å². The lowest BCUT2D eigenvalue weighted by Gasteiger charge is -2.01. The summed E-state index contributed by atoms with van der Waals surface area (Å²) in [6.07, 6.45) is 3.63. The highest BCUT2D eigenvalue weighted by Crippen LogP contribution is 2.22. The Hall–Kier alpha value is -1.45. The fraction of sp³-hybridized carbons (Fsp3) is 0.375. The summed E-state index contributed by atoms with van der Waals surface area (Å²) in [5.74, 6) is 0.206. The SMILES string of the molecule is Nc1nc(C=O)c2c(n1)CCC2. The molecule has 2 rings (SSSR count). The third-order valence-electron chi connectivity index (χ3n) is 2.09. The second kappa shape index (κ2) is 2.55. The first-order valence-corrected chi connectivity index (χ1v) is 3.91. The number of hydrogen-bond acceptors (Lipinski definition) is 4. The van der Waals surface area contributed by atoms with E-state index in [0.717, 1.165) is 36.8 Å². The number of fused-ring (bicyclic) bond motifs is 1. The number of aryl methyl sites for hydroxylation is 1. The number of anilines is 1. The van der Waals surface area contributed by atoms with Crippen molar-refractivity contribution in [2.24, 2.45) is 0 Å². The van der Waals surface area contributed by atoms with Gasteiger partial charge in [0.15, 0.2) is 6.29 Å². The first kappa shape index (κ1) is 7.21. The summed E-state index contributed by atoms with van der Waals surface area (Å²) >= 11 is 0. The Labute approximate surface area is 69.8 Å². The molecular formula is C8H9N3O. The van der Waals surface area contributed by atoms with E-state index in [0.29, 0.717) is 5.69 Å². The fourth-order valence-electron chi connectivity index (χ4n) is 1.58. The van der Waals surface area contributed by atoms with Crippen molar-refractivity contribution >= 4 is 12.2 Å². The predicted octanol–water partition coefficient (Wildman–Crippen LogP) is 0.360. The van der Waals surface area contributed by atoms with E-state index in [4.69, 9.17) is 5.73 Å². The monoisotopic (exact) mass is 163 g/mol. The third-order valence-corrected chi connectivity index (χ3v) is 2.09. The number of aromatic nitrogens is 2. The number of rotatable bonds is 1. The fourth-order valence-corrected chi connectivity index (χ4v) is 1.58. The van der Waals surface area contributed by atoms with Gasteiger partial charge >= 0.3 is 0 Å². The summed E-state index contributed by atoms with van der Waals surface area (Å²) in [4.78, 5) is 18.5. The van der Waals surface area contributed by atoms with E-state index >= 15 is 0 Å². The Bertz CT molecular complexity index is 335. The summed E-state index contributed by atoms with van der Waals surface area (Å²) in [6.45, 7) is 0. The first-order chi connectivity index (χ1) is 5.81. The van der Waals surface area contributed by atoms with Crippen LogP contribution in [0.5, 0.6) is 0 Å². The molecule has 0 atom stereocenters. The highest BCUT2D eigenvalue weighted by Gasteiger charge is 2.17. The van der Waals surface area contributed by atoms with Gasteiger partial charge in [0.1, 0.15) is 5.69 Å². The smallest absolute Gasteiger partial charge is 0.220 e. The molecule has 0 unspecified atom stereocenters. The minimum Gasteiger partial charge on any atom is -0.368 e. The van der Waals surface area contributed by atoms with Crippen LogP contribution < -0.4 is 5.73 Å². The van der Waals surface area contributed by atoms with Crippen LogP contribution in [0.4, 0.5) is 5.95 Å². The summed E-state index contributed by atoms with van der Waals surface area (Å²) in [6, 6.07) is 0. The minimum absolute atomic E-state index is 0.206. The Morgan fingerprint density at radius 2 is 2.17 bits per heavy atom. The zero-order valence-electron chi connectivity index (χ0n) is 6.58. The van der Waals surface area contributed by atoms with Crippen LogP contribution in [-0.4, -0.2) is 16.3 Å². The van der Waals surface area contributed by atoms with Gasteiger partial charge in [-0.1, -0.05) is 0 Å². The second-order valence-corrected chi connectivity index (χ2v) is 2.86. The van der Waals surface area contributed by atoms with Gasteiger partial charge < -0.3 is 5.73 Å². The number of nitrogens with zero attached hydrogens (tertiary/aromatic N) is 2. The number of hydrogen-bond donors (Lipinski definition) is 1. The molecule has 0 saturated carbocycles. The number of carbonyl (C=O) groups is 1. The Kier molecular flexibility index (Phi) is 1.53. The molecule has 12 heavy (non-hydrogen) atoms. The van der Waals surface area contributed by atoms with Crippen LogP contribution in [-0.2, 0) is 12.8 Å². The van der Waals surface area contributed by atoms with Crippen LogP contribution in [0.3, 0.4) is 0 Å². The molecular weight excluding hydrogens is 154 g/mol. The Morgan fingerprint density at radius 1 is 1.33 bits per heavy atom. The molecule has 0 aromatic carbocycles. The maximum absolute atomic E-state index is 10.6. The van der Waals surface area contributed by atoms with Gasteiger partial charge in [0.25, 0.3) is 0 Å². The van der Waals surface area contributed by atoms with E-state index in [2.05, 4.69) is 9.97 Å². The molecule has 0 aliphatic heterocycles. The predicted molar refractivity (Wildman–Crippen MR) is 43.9 cm³/mol. The molecule has 4 nitrogen and oxygen atoms in total. The molecule has 62 valence electrons. The lowest BCUT2D eigenvalue weighted by atomic mass is 10.2. The van der Waals surface area contributed by atoms with Crippen molar-refractivity contribution in [2.45, 2.75) is 19.3 Å². The van der Waals surface area contributed by atoms with Gasteiger partial charge in [-0.25, -0.2) is 9.97 Å². The van der Waals surface area contributed by atoms with Gasteiger partial charge in [-0.15, -0.1) is 0 Å². The van der Waals surface area contributed by atoms with Gasteiger partial charge in [-0.2, -0.15) is 0 Å². The maximum atomic E-state index is 10.6. The average molecular weight is 163 g/mol. The summed E-state index contributed by atoms with van der Waals surface area (Å²) in [5, 5.41) is 0. The van der Waals surface area contributed by atoms with Gasteiger partial charge in [-0.05, 0) is 19.3 Å². The van der Waals surface area contributed by atoms with E-state index in [9.17, 15) is 4.79 Å². The maximum Gasteiger partial charge on any atom is 0.220 e. The average Bonchev–Trinajstić information content (AvgIpc) is 2.50. The molecule has 0 amide bonds. The van der Waals surface area contributed by atoms with Gasteiger partial charge in [0.2, 0.25) is 5.95 Å². The van der Waals surface area contributed by atoms with Crippen molar-refractivity contribution in [3.8, 4) is 0 Å². The van der Waals surface area contributed by atoms with Crippen molar-refractivity contribution in [3.63, 3.8) is 0 Å². The molecule has 0 bridgehead atoms. The molecule has 1 aromatic heterocycles. The number of nitrogen functional groups attached to an aromatic ring is 1. The molecule has 2 N–H and O–H groups in total. The molecule has 0 radical (unpaired) electrons. The second-order valence-electron chi connectivity index (χ2n) is 2.86. The molecule has 0 spiro atoms. The van der Waals surface area contributed by atoms with Crippen molar-refractivity contribution in [1.82, 2.24) is 9.97 Å². The van der Waals surface area contributed by atoms with E-state index in [1.807, 2.05) is 0 Å². The lowest BCUT2D eigenvalue weighted by molar-refractivity contribution is 0.111. The van der Waals surface area contributed by atoms with Crippen LogP contribution >= 0.6 is 0 Å². The normalized spacial score (nSPS) is 14.3. The van der Waals surface area contributed by atoms with Crippen molar-refractivity contribution < 1.29 is 4.79 Å². The summed E-state index contributed by atoms with van der Waals surface area (Å²) in [7, 11) is 0. The molecule has 1 aliphatic rings. The van der Waals surface area contributed by atoms with Crippen LogP contribution in [0.25, 0.3) is 0 Å². The van der Waals surface area contributed by atoms with Gasteiger partial charge in [-0.3, -0.25) is 4.79 Å². The lowest BCUT2D eigenvalue weighted by Crippen LogP contribution is -2.04. The number of carbonyl (C=O) groups excluding carboxylic acids is 1. The molecule has 0 fully saturated rings. The minimum atomic E-state index is 0.206. The zero-order chi connectivity index (χ0) is 8.55. The molecule has 1 aliphatic carbocycles. The van der Waals surface area contributed by atoms with Gasteiger partial charge in [0.05, 0.1) is 0 Å². The highest BCUT2D eigenvalue weighted by molar-refractivity contribution is 5.75. The highest BCUT2D eigenvalue weighted by atomic mass is 16.1. The Balaban J connectivity index is 2.62. The molecule has 1 aromatic rings. The molecule has 4 heteroatoms.